The maximum absolute atomic E-state index is 11.3. The Bertz CT molecular complexity index is 731. The van der Waals surface area contributed by atoms with Gasteiger partial charge in [-0.3, -0.25) is 4.79 Å². The Morgan fingerprint density at radius 3 is 2.88 bits per heavy atom. The van der Waals surface area contributed by atoms with E-state index < -0.39 is 0 Å². The van der Waals surface area contributed by atoms with E-state index in [9.17, 15) is 4.79 Å². The minimum absolute atomic E-state index is 0.0288. The van der Waals surface area contributed by atoms with Crippen LogP contribution >= 0.6 is 23.4 Å². The Morgan fingerprint density at radius 2 is 2.16 bits per heavy atom. The van der Waals surface area contributed by atoms with Crippen LogP contribution in [0.25, 0.3) is 11.0 Å². The first-order valence-corrected chi connectivity index (χ1v) is 10.2. The van der Waals surface area contributed by atoms with Crippen molar-refractivity contribution in [2.75, 3.05) is 36.2 Å². The van der Waals surface area contributed by atoms with Crippen LogP contribution in [0.15, 0.2) is 11.4 Å². The second-order valence-corrected chi connectivity index (χ2v) is 7.29. The highest BCUT2D eigenvalue weighted by molar-refractivity contribution is 7.99. The van der Waals surface area contributed by atoms with E-state index in [4.69, 9.17) is 21.6 Å². The van der Waals surface area contributed by atoms with Crippen molar-refractivity contribution in [2.45, 2.75) is 37.9 Å². The van der Waals surface area contributed by atoms with Gasteiger partial charge in [0, 0.05) is 25.4 Å². The number of nitrogens with one attached hydrogen (secondary N) is 1. The summed E-state index contributed by atoms with van der Waals surface area (Å²) in [5, 5.41) is 9.00. The van der Waals surface area contributed by atoms with Crippen molar-refractivity contribution in [1.82, 2.24) is 25.1 Å². The first-order valence-electron chi connectivity index (χ1n) is 8.67. The van der Waals surface area contributed by atoms with Gasteiger partial charge in [0.25, 0.3) is 0 Å². The molecule has 1 aliphatic rings. The van der Waals surface area contributed by atoms with Crippen molar-refractivity contribution in [3.8, 4) is 0 Å². The van der Waals surface area contributed by atoms with E-state index in [1.807, 2.05) is 10.9 Å². The fourth-order valence-electron chi connectivity index (χ4n) is 2.86. The molecule has 0 spiro atoms. The van der Waals surface area contributed by atoms with Crippen molar-refractivity contribution >= 4 is 46.1 Å². The van der Waals surface area contributed by atoms with Gasteiger partial charge in [-0.15, -0.1) is 11.6 Å². The van der Waals surface area contributed by atoms with Gasteiger partial charge in [0.05, 0.1) is 18.1 Å². The second-order valence-electron chi connectivity index (χ2n) is 5.96. The number of aromatic nitrogens is 4. The number of amides is 1. The van der Waals surface area contributed by atoms with E-state index in [-0.39, 0.29) is 11.8 Å². The molecule has 0 radical (unpaired) electrons. The molecule has 0 bridgehead atoms. The van der Waals surface area contributed by atoms with Crippen molar-refractivity contribution in [2.24, 2.45) is 0 Å². The fourth-order valence-corrected chi connectivity index (χ4v) is 3.64. The van der Waals surface area contributed by atoms with Gasteiger partial charge in [-0.1, -0.05) is 18.7 Å². The molecule has 0 atom stereocenters. The molecule has 1 N–H and O–H groups in total. The van der Waals surface area contributed by atoms with Crippen LogP contribution in [-0.2, 0) is 11.3 Å². The van der Waals surface area contributed by atoms with Gasteiger partial charge in [0.1, 0.15) is 11.7 Å². The lowest BCUT2D eigenvalue weighted by molar-refractivity contribution is -0.118. The summed E-state index contributed by atoms with van der Waals surface area (Å²) in [6.07, 6.45) is 5.30. The smallest absolute Gasteiger partial charge is 0.234 e. The average Bonchev–Trinajstić information content (AvgIpc) is 3.29. The predicted octanol–water partition coefficient (Wildman–Crippen LogP) is 2.28. The highest BCUT2D eigenvalue weighted by Gasteiger charge is 2.20. The molecule has 2 aromatic heterocycles. The zero-order chi connectivity index (χ0) is 17.6. The summed E-state index contributed by atoms with van der Waals surface area (Å²) in [5.41, 5.74) is 0.829. The minimum Gasteiger partial charge on any atom is -0.356 e. The third-order valence-corrected chi connectivity index (χ3v) is 5.36. The molecule has 136 valence electrons. The monoisotopic (exact) mass is 382 g/mol. The van der Waals surface area contributed by atoms with E-state index in [0.29, 0.717) is 13.1 Å². The molecule has 0 aliphatic carbocycles. The Kier molecular flexibility index (Phi) is 6.36. The van der Waals surface area contributed by atoms with Crippen LogP contribution in [0.5, 0.6) is 0 Å². The summed E-state index contributed by atoms with van der Waals surface area (Å²) in [6.45, 7) is 5.24. The Hall–Kier alpha value is -1.54. The number of thioether (sulfide) groups is 1. The van der Waals surface area contributed by atoms with Crippen molar-refractivity contribution < 1.29 is 4.79 Å². The highest BCUT2D eigenvalue weighted by atomic mass is 35.5. The minimum atomic E-state index is -0.176. The van der Waals surface area contributed by atoms with Crippen molar-refractivity contribution in [1.29, 1.82) is 0 Å². The number of alkyl halides is 1. The highest BCUT2D eigenvalue weighted by Crippen LogP contribution is 2.29. The molecule has 1 amide bonds. The number of carbonyl (C=O) groups excluding carboxylic acids is 1. The number of halogens is 1. The van der Waals surface area contributed by atoms with Gasteiger partial charge in [-0.2, -0.15) is 5.10 Å². The Labute approximate surface area is 156 Å². The van der Waals surface area contributed by atoms with Gasteiger partial charge < -0.3 is 10.2 Å². The van der Waals surface area contributed by atoms with Gasteiger partial charge in [-0.25, -0.2) is 14.6 Å². The van der Waals surface area contributed by atoms with E-state index in [1.165, 1.54) is 12.8 Å². The number of carbonyl (C=O) groups is 1. The zero-order valence-corrected chi connectivity index (χ0v) is 15.9. The molecular formula is C16H23ClN6OS. The van der Waals surface area contributed by atoms with E-state index in [1.54, 1.807) is 11.8 Å². The number of rotatable bonds is 8. The van der Waals surface area contributed by atoms with Crippen molar-refractivity contribution in [3.63, 3.8) is 0 Å². The van der Waals surface area contributed by atoms with E-state index in [2.05, 4.69) is 22.2 Å². The summed E-state index contributed by atoms with van der Waals surface area (Å²) >= 11 is 7.18. The van der Waals surface area contributed by atoms with Crippen molar-refractivity contribution in [3.05, 3.63) is 6.20 Å². The first kappa shape index (κ1) is 18.3. The molecule has 0 saturated carbocycles. The molecule has 0 aromatic carbocycles. The molecule has 3 heterocycles. The lowest BCUT2D eigenvalue weighted by Crippen LogP contribution is -2.28. The summed E-state index contributed by atoms with van der Waals surface area (Å²) in [7, 11) is 0. The fraction of sp³-hybridized carbons (Fsp3) is 0.625. The predicted molar refractivity (Wildman–Crippen MR) is 102 cm³/mol. The van der Waals surface area contributed by atoms with Gasteiger partial charge in [-0.05, 0) is 19.3 Å². The molecule has 0 unspecified atom stereocenters. The second kappa shape index (κ2) is 8.71. The standard InChI is InChI=1S/C16H23ClN6OS/c1-2-9-25-16-20-14(22-6-3-4-7-22)12-11-19-23(15(12)21-16)8-5-18-13(24)10-17/h11H,2-10H2,1H3,(H,18,24). The van der Waals surface area contributed by atoms with E-state index in [0.717, 1.165) is 47.3 Å². The van der Waals surface area contributed by atoms with Gasteiger partial charge >= 0.3 is 0 Å². The largest absolute Gasteiger partial charge is 0.356 e. The molecule has 7 nitrogen and oxygen atoms in total. The SMILES string of the molecule is CCCSc1nc(N2CCCC2)c2cnn(CCNC(=O)CCl)c2n1. The third-order valence-electron chi connectivity index (χ3n) is 4.06. The number of anilines is 1. The van der Waals surface area contributed by atoms with Crippen LogP contribution in [-0.4, -0.2) is 56.9 Å². The molecule has 1 saturated heterocycles. The molecule has 1 aliphatic heterocycles. The topological polar surface area (TPSA) is 75.9 Å². The Morgan fingerprint density at radius 1 is 1.36 bits per heavy atom. The summed E-state index contributed by atoms with van der Waals surface area (Å²) in [5.74, 6) is 1.77. The molecule has 3 rings (SSSR count). The number of fused-ring (bicyclic) bond motifs is 1. The van der Waals surface area contributed by atoms with Crippen LogP contribution in [0, 0.1) is 0 Å². The lowest BCUT2D eigenvalue weighted by atomic mass is 10.3. The molecule has 25 heavy (non-hydrogen) atoms. The van der Waals surface area contributed by atoms with Crippen LogP contribution in [0.4, 0.5) is 5.82 Å². The number of nitrogens with zero attached hydrogens (tertiary/aromatic N) is 5. The van der Waals surface area contributed by atoms with Crippen LogP contribution in [0.2, 0.25) is 0 Å². The Balaban J connectivity index is 1.88. The maximum atomic E-state index is 11.3. The zero-order valence-electron chi connectivity index (χ0n) is 14.4. The third kappa shape index (κ3) is 4.36. The van der Waals surface area contributed by atoms with E-state index >= 15 is 0 Å². The molecule has 1 fully saturated rings. The maximum Gasteiger partial charge on any atom is 0.234 e. The van der Waals surface area contributed by atoms with Gasteiger partial charge in [0.15, 0.2) is 10.8 Å². The average molecular weight is 383 g/mol. The normalized spacial score (nSPS) is 14.4. The molecule has 9 heteroatoms. The van der Waals surface area contributed by atoms with Gasteiger partial charge in [0.2, 0.25) is 5.91 Å². The van der Waals surface area contributed by atoms with Crippen LogP contribution < -0.4 is 10.2 Å². The lowest BCUT2D eigenvalue weighted by Gasteiger charge is -2.18. The molecule has 2 aromatic rings. The summed E-state index contributed by atoms with van der Waals surface area (Å²) < 4.78 is 1.83. The quantitative estimate of drug-likeness (QED) is 0.429. The van der Waals surface area contributed by atoms with Crippen LogP contribution in [0.3, 0.4) is 0 Å². The summed E-state index contributed by atoms with van der Waals surface area (Å²) in [6, 6.07) is 0. The number of hydrogen-bond acceptors (Lipinski definition) is 6. The summed E-state index contributed by atoms with van der Waals surface area (Å²) in [4.78, 5) is 23.1. The van der Waals surface area contributed by atoms with Crippen LogP contribution in [0.1, 0.15) is 26.2 Å². The molecular weight excluding hydrogens is 360 g/mol. The first-order chi connectivity index (χ1) is 12.2. The number of hydrogen-bond donors (Lipinski definition) is 1.